The topological polar surface area (TPSA) is 58.6 Å². The summed E-state index contributed by atoms with van der Waals surface area (Å²) in [6.07, 6.45) is 0.857. The van der Waals surface area contributed by atoms with Crippen LogP contribution in [0, 0.1) is 0 Å². The third-order valence-electron chi connectivity index (χ3n) is 2.84. The molecule has 2 rings (SSSR count). The molecule has 2 unspecified atom stereocenters. The normalized spacial score (nSPS) is 24.3. The minimum absolute atomic E-state index is 0.00608. The minimum atomic E-state index is -0.250. The third kappa shape index (κ3) is 2.17. The SMILES string of the molecule is CC1OCCC1NC(=O)c1ccccc1O. The van der Waals surface area contributed by atoms with Gasteiger partial charge < -0.3 is 15.2 Å². The van der Waals surface area contributed by atoms with Gasteiger partial charge in [0.15, 0.2) is 0 Å². The van der Waals surface area contributed by atoms with Crippen molar-refractivity contribution in [1.29, 1.82) is 0 Å². The van der Waals surface area contributed by atoms with Crippen LogP contribution in [0.5, 0.6) is 5.75 Å². The van der Waals surface area contributed by atoms with Crippen molar-refractivity contribution in [2.45, 2.75) is 25.5 Å². The average Bonchev–Trinajstić information content (AvgIpc) is 2.65. The first-order chi connectivity index (χ1) is 7.68. The van der Waals surface area contributed by atoms with Crippen LogP contribution in [0.15, 0.2) is 24.3 Å². The van der Waals surface area contributed by atoms with Gasteiger partial charge in [-0.3, -0.25) is 4.79 Å². The van der Waals surface area contributed by atoms with E-state index in [1.165, 1.54) is 6.07 Å². The zero-order valence-electron chi connectivity index (χ0n) is 9.14. The summed E-state index contributed by atoms with van der Waals surface area (Å²) >= 11 is 0. The maximum Gasteiger partial charge on any atom is 0.255 e. The molecule has 1 aromatic rings. The monoisotopic (exact) mass is 221 g/mol. The molecule has 4 heteroatoms. The molecule has 86 valence electrons. The first-order valence-electron chi connectivity index (χ1n) is 5.39. The van der Waals surface area contributed by atoms with Crippen molar-refractivity contribution in [1.82, 2.24) is 5.32 Å². The molecular weight excluding hydrogens is 206 g/mol. The lowest BCUT2D eigenvalue weighted by Crippen LogP contribution is -2.39. The molecule has 0 bridgehead atoms. The number of para-hydroxylation sites is 1. The first-order valence-corrected chi connectivity index (χ1v) is 5.39. The number of hydrogen-bond donors (Lipinski definition) is 2. The van der Waals surface area contributed by atoms with Gasteiger partial charge in [0, 0.05) is 6.61 Å². The van der Waals surface area contributed by atoms with Crippen molar-refractivity contribution in [3.05, 3.63) is 29.8 Å². The summed E-state index contributed by atoms with van der Waals surface area (Å²) in [6, 6.07) is 6.55. The quantitative estimate of drug-likeness (QED) is 0.791. The standard InChI is InChI=1S/C12H15NO3/c1-8-10(6-7-16-8)13-12(15)9-4-2-3-5-11(9)14/h2-5,8,10,14H,6-7H2,1H3,(H,13,15). The molecule has 0 saturated carbocycles. The second kappa shape index (κ2) is 4.53. The van der Waals surface area contributed by atoms with Crippen LogP contribution in [0.3, 0.4) is 0 Å². The Morgan fingerprint density at radius 2 is 2.25 bits per heavy atom. The van der Waals surface area contributed by atoms with Crippen molar-refractivity contribution in [3.8, 4) is 5.75 Å². The number of rotatable bonds is 2. The molecule has 1 aliphatic rings. The van der Waals surface area contributed by atoms with Crippen LogP contribution in [0.2, 0.25) is 0 Å². The Hall–Kier alpha value is -1.55. The zero-order chi connectivity index (χ0) is 11.5. The summed E-state index contributed by atoms with van der Waals surface area (Å²) in [5.41, 5.74) is 0.307. The Kier molecular flexibility index (Phi) is 3.10. The zero-order valence-corrected chi connectivity index (χ0v) is 9.14. The van der Waals surface area contributed by atoms with Crippen LogP contribution in [-0.4, -0.2) is 29.8 Å². The van der Waals surface area contributed by atoms with E-state index < -0.39 is 0 Å². The van der Waals surface area contributed by atoms with E-state index in [2.05, 4.69) is 5.32 Å². The highest BCUT2D eigenvalue weighted by molar-refractivity contribution is 5.96. The van der Waals surface area contributed by atoms with Crippen molar-refractivity contribution >= 4 is 5.91 Å². The fraction of sp³-hybridized carbons (Fsp3) is 0.417. The fourth-order valence-corrected chi connectivity index (χ4v) is 1.83. The van der Waals surface area contributed by atoms with Crippen molar-refractivity contribution < 1.29 is 14.6 Å². The molecule has 2 atom stereocenters. The van der Waals surface area contributed by atoms with Crippen molar-refractivity contribution in [2.75, 3.05) is 6.61 Å². The van der Waals surface area contributed by atoms with Gasteiger partial charge in [0.05, 0.1) is 17.7 Å². The number of phenols is 1. The van der Waals surface area contributed by atoms with Crippen LogP contribution in [0.4, 0.5) is 0 Å². The molecular formula is C12H15NO3. The number of carbonyl (C=O) groups is 1. The number of phenolic OH excluding ortho intramolecular Hbond substituents is 1. The molecule has 1 heterocycles. The molecule has 0 radical (unpaired) electrons. The maximum absolute atomic E-state index is 11.8. The second-order valence-electron chi connectivity index (χ2n) is 3.96. The van der Waals surface area contributed by atoms with E-state index in [4.69, 9.17) is 4.74 Å². The van der Waals surface area contributed by atoms with Gasteiger partial charge in [0.25, 0.3) is 5.91 Å². The molecule has 4 nitrogen and oxygen atoms in total. The van der Waals surface area contributed by atoms with Gasteiger partial charge >= 0.3 is 0 Å². The summed E-state index contributed by atoms with van der Waals surface area (Å²) in [5, 5.41) is 12.4. The molecule has 1 amide bonds. The van der Waals surface area contributed by atoms with Gasteiger partial charge in [-0.15, -0.1) is 0 Å². The van der Waals surface area contributed by atoms with Crippen LogP contribution in [0.1, 0.15) is 23.7 Å². The van der Waals surface area contributed by atoms with Gasteiger partial charge in [-0.25, -0.2) is 0 Å². The molecule has 2 N–H and O–H groups in total. The second-order valence-corrected chi connectivity index (χ2v) is 3.96. The number of hydrogen-bond acceptors (Lipinski definition) is 3. The molecule has 16 heavy (non-hydrogen) atoms. The summed E-state index contributed by atoms with van der Waals surface area (Å²) in [7, 11) is 0. The molecule has 0 aromatic heterocycles. The highest BCUT2D eigenvalue weighted by atomic mass is 16.5. The molecule has 0 spiro atoms. The van der Waals surface area contributed by atoms with Crippen LogP contribution in [0.25, 0.3) is 0 Å². The Morgan fingerprint density at radius 1 is 1.50 bits per heavy atom. The number of aromatic hydroxyl groups is 1. The fourth-order valence-electron chi connectivity index (χ4n) is 1.83. The predicted molar refractivity (Wildman–Crippen MR) is 59.4 cm³/mol. The van der Waals surface area contributed by atoms with E-state index in [1.807, 2.05) is 6.92 Å². The molecule has 1 aromatic carbocycles. The number of nitrogens with one attached hydrogen (secondary N) is 1. The largest absolute Gasteiger partial charge is 0.507 e. The first kappa shape index (κ1) is 11.0. The van der Waals surface area contributed by atoms with Gasteiger partial charge in [-0.05, 0) is 25.5 Å². The van der Waals surface area contributed by atoms with Gasteiger partial charge in [-0.1, -0.05) is 12.1 Å². The van der Waals surface area contributed by atoms with Crippen molar-refractivity contribution in [2.24, 2.45) is 0 Å². The number of ether oxygens (including phenoxy) is 1. The van der Waals surface area contributed by atoms with Gasteiger partial charge in [0.1, 0.15) is 5.75 Å². The number of amides is 1. The lowest BCUT2D eigenvalue weighted by Gasteiger charge is -2.16. The molecule has 0 aliphatic carbocycles. The Labute approximate surface area is 94.2 Å². The summed E-state index contributed by atoms with van der Waals surface area (Å²) in [4.78, 5) is 11.8. The van der Waals surface area contributed by atoms with E-state index in [0.29, 0.717) is 12.2 Å². The summed E-state index contributed by atoms with van der Waals surface area (Å²) in [5.74, 6) is -0.244. The van der Waals surface area contributed by atoms with E-state index in [0.717, 1.165) is 6.42 Å². The summed E-state index contributed by atoms with van der Waals surface area (Å²) in [6.45, 7) is 2.61. The van der Waals surface area contributed by atoms with Crippen LogP contribution >= 0.6 is 0 Å². The molecule has 1 aliphatic heterocycles. The molecule has 1 saturated heterocycles. The Morgan fingerprint density at radius 3 is 2.88 bits per heavy atom. The highest BCUT2D eigenvalue weighted by Crippen LogP contribution is 2.18. The Balaban J connectivity index is 2.06. The Bertz CT molecular complexity index is 392. The number of benzene rings is 1. The number of carbonyl (C=O) groups excluding carboxylic acids is 1. The predicted octanol–water partition coefficient (Wildman–Crippen LogP) is 1.30. The lowest BCUT2D eigenvalue weighted by atomic mass is 10.1. The van der Waals surface area contributed by atoms with E-state index in [1.54, 1.807) is 18.2 Å². The van der Waals surface area contributed by atoms with Crippen LogP contribution < -0.4 is 5.32 Å². The maximum atomic E-state index is 11.8. The van der Waals surface area contributed by atoms with E-state index in [9.17, 15) is 9.90 Å². The average molecular weight is 221 g/mol. The highest BCUT2D eigenvalue weighted by Gasteiger charge is 2.26. The van der Waals surface area contributed by atoms with Crippen molar-refractivity contribution in [3.63, 3.8) is 0 Å². The van der Waals surface area contributed by atoms with Gasteiger partial charge in [0.2, 0.25) is 0 Å². The summed E-state index contributed by atoms with van der Waals surface area (Å²) < 4.78 is 5.36. The van der Waals surface area contributed by atoms with Crippen LogP contribution in [-0.2, 0) is 4.74 Å². The lowest BCUT2D eigenvalue weighted by molar-refractivity contribution is 0.0864. The minimum Gasteiger partial charge on any atom is -0.507 e. The smallest absolute Gasteiger partial charge is 0.255 e. The van der Waals surface area contributed by atoms with E-state index >= 15 is 0 Å². The molecule has 1 fully saturated rings. The van der Waals surface area contributed by atoms with Gasteiger partial charge in [-0.2, -0.15) is 0 Å². The third-order valence-corrected chi connectivity index (χ3v) is 2.84. The van der Waals surface area contributed by atoms with E-state index in [-0.39, 0.29) is 23.8 Å².